The van der Waals surface area contributed by atoms with Gasteiger partial charge in [-0.1, -0.05) is 32.3 Å². The zero-order chi connectivity index (χ0) is 17.7. The quantitative estimate of drug-likeness (QED) is 0.624. The van der Waals surface area contributed by atoms with E-state index in [4.69, 9.17) is 9.47 Å². The fourth-order valence-electron chi connectivity index (χ4n) is 3.00. The molecule has 0 radical (unpaired) electrons. The van der Waals surface area contributed by atoms with Crippen LogP contribution >= 0.6 is 0 Å². The molecule has 140 valence electrons. The summed E-state index contributed by atoms with van der Waals surface area (Å²) in [4.78, 5) is 14.3. The summed E-state index contributed by atoms with van der Waals surface area (Å²) in [5.74, 6) is 0.777. The van der Waals surface area contributed by atoms with Crippen LogP contribution in [0.15, 0.2) is 24.3 Å². The Kier molecular flexibility index (Phi) is 9.19. The Balaban J connectivity index is 1.62. The minimum absolute atomic E-state index is 0.401. The van der Waals surface area contributed by atoms with E-state index in [0.29, 0.717) is 18.9 Å². The van der Waals surface area contributed by atoms with Gasteiger partial charge < -0.3 is 14.4 Å². The first-order valence-electron chi connectivity index (χ1n) is 9.67. The predicted molar refractivity (Wildman–Crippen MR) is 101 cm³/mol. The third kappa shape index (κ3) is 8.25. The lowest BCUT2D eigenvalue weighted by atomic mass is 10.1. The van der Waals surface area contributed by atoms with Gasteiger partial charge in [-0.15, -0.1) is 0 Å². The number of nitrogens with one attached hydrogen (secondary N) is 1. The number of unbranched alkanes of at least 4 members (excludes halogenated alkanes) is 2. The second-order valence-corrected chi connectivity index (χ2v) is 6.60. The molecule has 1 heterocycles. The Morgan fingerprint density at radius 2 is 1.96 bits per heavy atom. The molecule has 1 saturated heterocycles. The summed E-state index contributed by atoms with van der Waals surface area (Å²) in [5.41, 5.74) is 0.703. The molecule has 5 heteroatoms. The van der Waals surface area contributed by atoms with Gasteiger partial charge in [0.05, 0.1) is 13.2 Å². The lowest BCUT2D eigenvalue weighted by molar-refractivity contribution is 0.148. The third-order valence-corrected chi connectivity index (χ3v) is 4.40. The molecule has 1 aromatic carbocycles. The van der Waals surface area contributed by atoms with E-state index in [1.165, 1.54) is 45.2 Å². The molecule has 25 heavy (non-hydrogen) atoms. The highest BCUT2D eigenvalue weighted by atomic mass is 16.5. The molecule has 0 aliphatic carbocycles. The zero-order valence-corrected chi connectivity index (χ0v) is 15.5. The van der Waals surface area contributed by atoms with Crippen LogP contribution in [-0.4, -0.2) is 43.8 Å². The number of hydrogen-bond acceptors (Lipinski definition) is 4. The molecule has 2 rings (SSSR count). The Bertz CT molecular complexity index is 501. The van der Waals surface area contributed by atoms with Crippen molar-refractivity contribution in [3.63, 3.8) is 0 Å². The van der Waals surface area contributed by atoms with Crippen LogP contribution in [0.25, 0.3) is 0 Å². The maximum atomic E-state index is 11.9. The van der Waals surface area contributed by atoms with Gasteiger partial charge in [0.15, 0.2) is 0 Å². The van der Waals surface area contributed by atoms with E-state index in [-0.39, 0.29) is 0 Å². The molecule has 0 bridgehead atoms. The van der Waals surface area contributed by atoms with E-state index in [0.717, 1.165) is 25.1 Å². The lowest BCUT2D eigenvalue weighted by Crippen LogP contribution is -2.31. The largest absolute Gasteiger partial charge is 0.494 e. The summed E-state index contributed by atoms with van der Waals surface area (Å²) in [6, 6.07) is 7.46. The van der Waals surface area contributed by atoms with Crippen LogP contribution in [0.5, 0.6) is 5.75 Å². The van der Waals surface area contributed by atoms with E-state index in [1.54, 1.807) is 0 Å². The number of nitrogens with zero attached hydrogens (tertiary/aromatic N) is 1. The number of rotatable bonds is 10. The number of carbonyl (C=O) groups is 1. The Hall–Kier alpha value is -1.75. The van der Waals surface area contributed by atoms with Crippen molar-refractivity contribution in [2.75, 3.05) is 38.2 Å². The number of hydrogen-bond donors (Lipinski definition) is 1. The van der Waals surface area contributed by atoms with Crippen LogP contribution in [0.4, 0.5) is 10.5 Å². The van der Waals surface area contributed by atoms with Gasteiger partial charge in [-0.2, -0.15) is 0 Å². The Morgan fingerprint density at radius 1 is 1.12 bits per heavy atom. The highest BCUT2D eigenvalue weighted by Crippen LogP contribution is 2.18. The number of carbonyl (C=O) groups excluding carboxylic acids is 1. The second kappa shape index (κ2) is 11.7. The molecular weight excluding hydrogens is 316 g/mol. The second-order valence-electron chi connectivity index (χ2n) is 6.60. The van der Waals surface area contributed by atoms with Crippen molar-refractivity contribution in [1.29, 1.82) is 0 Å². The fraction of sp³-hybridized carbons (Fsp3) is 0.650. The molecule has 0 atom stereocenters. The highest BCUT2D eigenvalue weighted by Gasteiger charge is 2.10. The van der Waals surface area contributed by atoms with Crippen LogP contribution in [0.3, 0.4) is 0 Å². The molecule has 5 nitrogen and oxygen atoms in total. The smallest absolute Gasteiger partial charge is 0.411 e. The summed E-state index contributed by atoms with van der Waals surface area (Å²) in [5, 5.41) is 2.77. The van der Waals surface area contributed by atoms with Gasteiger partial charge in [-0.05, 0) is 50.9 Å². The van der Waals surface area contributed by atoms with E-state index in [9.17, 15) is 4.79 Å². The fourth-order valence-corrected chi connectivity index (χ4v) is 3.00. The first-order chi connectivity index (χ1) is 12.3. The molecule has 1 aliphatic heterocycles. The summed E-state index contributed by atoms with van der Waals surface area (Å²) < 4.78 is 11.0. The molecule has 1 N–H and O–H groups in total. The van der Waals surface area contributed by atoms with Crippen LogP contribution in [0.1, 0.15) is 51.9 Å². The maximum Gasteiger partial charge on any atom is 0.411 e. The van der Waals surface area contributed by atoms with Gasteiger partial charge >= 0.3 is 6.09 Å². The van der Waals surface area contributed by atoms with Gasteiger partial charge in [0, 0.05) is 18.3 Å². The summed E-state index contributed by atoms with van der Waals surface area (Å²) in [6.45, 7) is 6.69. The van der Waals surface area contributed by atoms with Gasteiger partial charge in [-0.3, -0.25) is 5.32 Å². The number of amides is 1. The van der Waals surface area contributed by atoms with E-state index in [1.807, 2.05) is 24.3 Å². The van der Waals surface area contributed by atoms with Crippen molar-refractivity contribution < 1.29 is 14.3 Å². The van der Waals surface area contributed by atoms with Gasteiger partial charge in [0.1, 0.15) is 5.75 Å². The average Bonchev–Trinajstić information content (AvgIpc) is 2.64. The summed E-state index contributed by atoms with van der Waals surface area (Å²) in [7, 11) is 0. The number of ether oxygens (including phenoxy) is 2. The number of likely N-dealkylation sites (tertiary alicyclic amines) is 1. The molecule has 1 amide bonds. The van der Waals surface area contributed by atoms with Crippen LogP contribution in [0, 0.1) is 0 Å². The zero-order valence-electron chi connectivity index (χ0n) is 15.5. The lowest BCUT2D eigenvalue weighted by Gasteiger charge is -2.26. The monoisotopic (exact) mass is 348 g/mol. The first-order valence-corrected chi connectivity index (χ1v) is 9.67. The van der Waals surface area contributed by atoms with Gasteiger partial charge in [-0.25, -0.2) is 4.79 Å². The van der Waals surface area contributed by atoms with Gasteiger partial charge in [0.25, 0.3) is 0 Å². The predicted octanol–water partition coefficient (Wildman–Crippen LogP) is 4.68. The van der Waals surface area contributed by atoms with Crippen molar-refractivity contribution >= 4 is 11.8 Å². The topological polar surface area (TPSA) is 50.8 Å². The summed E-state index contributed by atoms with van der Waals surface area (Å²) in [6.07, 6.45) is 7.80. The van der Waals surface area contributed by atoms with Crippen LogP contribution in [-0.2, 0) is 4.74 Å². The number of piperidine rings is 1. The van der Waals surface area contributed by atoms with Crippen LogP contribution < -0.4 is 10.1 Å². The highest BCUT2D eigenvalue weighted by molar-refractivity contribution is 5.84. The van der Waals surface area contributed by atoms with E-state index in [2.05, 4.69) is 17.1 Å². The maximum absolute atomic E-state index is 11.9. The van der Waals surface area contributed by atoms with Crippen molar-refractivity contribution in [2.24, 2.45) is 0 Å². The first kappa shape index (κ1) is 19.6. The van der Waals surface area contributed by atoms with E-state index >= 15 is 0 Å². The van der Waals surface area contributed by atoms with E-state index < -0.39 is 6.09 Å². The number of anilines is 1. The average molecular weight is 348 g/mol. The van der Waals surface area contributed by atoms with Crippen molar-refractivity contribution in [1.82, 2.24) is 4.90 Å². The minimum Gasteiger partial charge on any atom is -0.494 e. The SMILES string of the molecule is CCCCCOc1cccc(NC(=O)OCCCN2CCCCC2)c1. The third-order valence-electron chi connectivity index (χ3n) is 4.40. The van der Waals surface area contributed by atoms with Crippen molar-refractivity contribution in [2.45, 2.75) is 51.9 Å². The van der Waals surface area contributed by atoms with Crippen LogP contribution in [0.2, 0.25) is 0 Å². The minimum atomic E-state index is -0.401. The number of benzene rings is 1. The molecule has 0 unspecified atom stereocenters. The van der Waals surface area contributed by atoms with Gasteiger partial charge in [0.2, 0.25) is 0 Å². The Morgan fingerprint density at radius 3 is 2.76 bits per heavy atom. The molecule has 0 saturated carbocycles. The Labute approximate surface area is 151 Å². The molecule has 0 spiro atoms. The molecule has 0 aromatic heterocycles. The molecular formula is C20H32N2O3. The van der Waals surface area contributed by atoms with Crippen molar-refractivity contribution in [3.05, 3.63) is 24.3 Å². The van der Waals surface area contributed by atoms with Crippen molar-refractivity contribution in [3.8, 4) is 5.75 Å². The molecule has 1 fully saturated rings. The molecule has 1 aromatic rings. The molecule has 1 aliphatic rings. The normalized spacial score (nSPS) is 14.9. The summed E-state index contributed by atoms with van der Waals surface area (Å²) >= 11 is 0. The standard InChI is InChI=1S/C20H32N2O3/c1-2-3-7-15-24-19-11-8-10-18(17-19)21-20(23)25-16-9-14-22-12-5-4-6-13-22/h8,10-11,17H,2-7,9,12-16H2,1H3,(H,21,23).